The summed E-state index contributed by atoms with van der Waals surface area (Å²) in [6.45, 7) is 3.04. The molecular formula is C3H3NO2Si. The molecule has 0 spiro atoms. The predicted molar refractivity (Wildman–Crippen MR) is 24.3 cm³/mol. The molecule has 0 aliphatic heterocycles. The van der Waals surface area contributed by atoms with Crippen LogP contribution in [-0.4, -0.2) is 20.2 Å². The minimum atomic E-state index is -1.14. The molecule has 0 radical (unpaired) electrons. The summed E-state index contributed by atoms with van der Waals surface area (Å²) in [6.07, 6.45) is 0. The lowest BCUT2D eigenvalue weighted by Crippen LogP contribution is -1.98. The fourth-order valence-corrected chi connectivity index (χ4v) is 0.143. The number of hydrogen-bond donors (Lipinski definition) is 1. The Kier molecular flexibility index (Phi) is 2.05. The molecule has 0 aliphatic carbocycles. The third-order valence-corrected chi connectivity index (χ3v) is 0.877. The van der Waals surface area contributed by atoms with Gasteiger partial charge in [0.15, 0.2) is 0 Å². The zero-order valence-electron chi connectivity index (χ0n) is 3.51. The molecule has 0 fully saturated rings. The van der Waals surface area contributed by atoms with Crippen molar-refractivity contribution in [2.45, 2.75) is 0 Å². The van der Waals surface area contributed by atoms with E-state index in [1.807, 2.05) is 0 Å². The molecule has 0 rings (SSSR count). The van der Waals surface area contributed by atoms with Crippen LogP contribution < -0.4 is 0 Å². The Morgan fingerprint density at radius 1 is 1.86 bits per heavy atom. The summed E-state index contributed by atoms with van der Waals surface area (Å²) in [5.74, 6) is -1.14. The SMILES string of the molecule is C=C([Si]#N)C(=O)O. The summed E-state index contributed by atoms with van der Waals surface area (Å²) in [7, 11) is -0.682. The van der Waals surface area contributed by atoms with Gasteiger partial charge in [-0.05, 0) is 0 Å². The van der Waals surface area contributed by atoms with Crippen LogP contribution in [0.25, 0.3) is 0 Å². The van der Waals surface area contributed by atoms with Crippen molar-refractivity contribution in [3.05, 3.63) is 11.8 Å². The summed E-state index contributed by atoms with van der Waals surface area (Å²) in [5, 5.41) is 7.78. The minimum absolute atomic E-state index is 0.153. The van der Waals surface area contributed by atoms with E-state index in [0.29, 0.717) is 0 Å². The van der Waals surface area contributed by atoms with Crippen molar-refractivity contribution in [3.8, 4) is 0 Å². The van der Waals surface area contributed by atoms with Crippen molar-refractivity contribution in [3.63, 3.8) is 0 Å². The summed E-state index contributed by atoms with van der Waals surface area (Å²) in [4.78, 5) is 17.7. The van der Waals surface area contributed by atoms with Crippen LogP contribution in [0, 0.1) is 4.89 Å². The second-order valence-electron chi connectivity index (χ2n) is 0.896. The van der Waals surface area contributed by atoms with Gasteiger partial charge in [0, 0.05) is 0 Å². The first-order valence-electron chi connectivity index (χ1n) is 1.50. The average Bonchev–Trinajstić information content (AvgIpc) is 1.65. The molecule has 0 saturated carbocycles. The lowest BCUT2D eigenvalue weighted by molar-refractivity contribution is -0.131. The number of carbonyl (C=O) groups is 1. The van der Waals surface area contributed by atoms with E-state index in [-0.39, 0.29) is 5.20 Å². The van der Waals surface area contributed by atoms with Crippen LogP contribution in [0.5, 0.6) is 0 Å². The molecule has 0 aromatic rings. The molecule has 0 bridgehead atoms. The molecule has 4 heteroatoms. The molecular weight excluding hydrogens is 110 g/mol. The van der Waals surface area contributed by atoms with Gasteiger partial charge in [0.05, 0.1) is 5.20 Å². The smallest absolute Gasteiger partial charge is 0.339 e. The van der Waals surface area contributed by atoms with Crippen molar-refractivity contribution in [1.82, 2.24) is 0 Å². The maximum Gasteiger partial charge on any atom is 0.339 e. The van der Waals surface area contributed by atoms with E-state index in [1.165, 1.54) is 0 Å². The van der Waals surface area contributed by atoms with Gasteiger partial charge in [-0.1, -0.05) is 6.58 Å². The van der Waals surface area contributed by atoms with Gasteiger partial charge in [-0.2, -0.15) is 0 Å². The first-order valence-corrected chi connectivity index (χ1v) is 2.45. The highest BCUT2D eigenvalue weighted by Gasteiger charge is 1.98. The standard InChI is InChI=1S/C3H3NO2Si/c1-2(7-4)3(5)6/h1H2,(H,5,6). The fraction of sp³-hybridized carbons (Fsp3) is 0. The van der Waals surface area contributed by atoms with Crippen molar-refractivity contribution < 1.29 is 9.90 Å². The number of aliphatic carboxylic acids is 1. The second kappa shape index (κ2) is 2.33. The van der Waals surface area contributed by atoms with Crippen LogP contribution in [-0.2, 0) is 4.79 Å². The fourth-order valence-electron chi connectivity index (χ4n) is 0.0478. The molecule has 0 aliphatic rings. The predicted octanol–water partition coefficient (Wildman–Crippen LogP) is -0.232. The molecule has 0 heterocycles. The molecule has 1 N–H and O–H groups in total. The molecule has 0 unspecified atom stereocenters. The van der Waals surface area contributed by atoms with Crippen LogP contribution in [0.2, 0.25) is 0 Å². The number of carboxylic acids is 1. The van der Waals surface area contributed by atoms with Crippen LogP contribution in [0.3, 0.4) is 0 Å². The average molecular weight is 113 g/mol. The molecule has 0 atom stereocenters. The van der Waals surface area contributed by atoms with Gasteiger partial charge in [-0.3, -0.25) is 4.89 Å². The van der Waals surface area contributed by atoms with E-state index in [2.05, 4.69) is 6.58 Å². The zero-order valence-corrected chi connectivity index (χ0v) is 4.51. The quantitative estimate of drug-likeness (QED) is 0.377. The normalized spacial score (nSPS) is 6.71. The van der Waals surface area contributed by atoms with Gasteiger partial charge in [0.25, 0.3) is 0 Å². The van der Waals surface area contributed by atoms with Crippen molar-refractivity contribution in [2.75, 3.05) is 0 Å². The molecule has 0 saturated heterocycles. The Morgan fingerprint density at radius 2 is 2.29 bits per heavy atom. The van der Waals surface area contributed by atoms with Gasteiger partial charge in [-0.15, -0.1) is 0 Å². The maximum absolute atomic E-state index is 9.68. The maximum atomic E-state index is 9.68. The Balaban J connectivity index is 3.90. The van der Waals surface area contributed by atoms with E-state index < -0.39 is 15.1 Å². The van der Waals surface area contributed by atoms with Gasteiger partial charge in [-0.25, -0.2) is 4.79 Å². The third kappa shape index (κ3) is 1.92. The van der Waals surface area contributed by atoms with E-state index in [9.17, 15) is 4.79 Å². The van der Waals surface area contributed by atoms with Crippen LogP contribution in [0.1, 0.15) is 0 Å². The van der Waals surface area contributed by atoms with E-state index in [0.717, 1.165) is 0 Å². The summed E-state index contributed by atoms with van der Waals surface area (Å²) in [6, 6.07) is 0. The summed E-state index contributed by atoms with van der Waals surface area (Å²) >= 11 is 0. The van der Waals surface area contributed by atoms with Crippen molar-refractivity contribution >= 4 is 15.1 Å². The van der Waals surface area contributed by atoms with Crippen molar-refractivity contribution in [1.29, 1.82) is 4.89 Å². The molecule has 36 valence electrons. The number of carboxylic acid groups (broad SMARTS) is 1. The molecule has 3 nitrogen and oxygen atoms in total. The molecule has 0 amide bonds. The van der Waals surface area contributed by atoms with Crippen LogP contribution in [0.15, 0.2) is 11.8 Å². The van der Waals surface area contributed by atoms with E-state index >= 15 is 0 Å². The molecule has 0 aromatic heterocycles. The van der Waals surface area contributed by atoms with Gasteiger partial charge >= 0.3 is 5.97 Å². The van der Waals surface area contributed by atoms with Crippen LogP contribution in [0.4, 0.5) is 0 Å². The zero-order chi connectivity index (χ0) is 5.86. The number of hydrogen-bond acceptors (Lipinski definition) is 2. The highest BCUT2D eigenvalue weighted by molar-refractivity contribution is 6.38. The Labute approximate surface area is 42.7 Å². The van der Waals surface area contributed by atoms with Gasteiger partial charge in [0.1, 0.15) is 0 Å². The summed E-state index contributed by atoms with van der Waals surface area (Å²) < 4.78 is 0. The topological polar surface area (TPSA) is 61.1 Å². The lowest BCUT2D eigenvalue weighted by atomic mass is 10.7. The first-order chi connectivity index (χ1) is 3.18. The lowest BCUT2D eigenvalue weighted by Gasteiger charge is -1.76. The Hall–Kier alpha value is -0.863. The Morgan fingerprint density at radius 3 is 2.29 bits per heavy atom. The first kappa shape index (κ1) is 6.14. The van der Waals surface area contributed by atoms with E-state index in [4.69, 9.17) is 9.99 Å². The molecule has 0 aromatic carbocycles. The minimum Gasteiger partial charge on any atom is -0.477 e. The second-order valence-corrected chi connectivity index (χ2v) is 1.72. The Bertz CT molecular complexity index is 146. The number of rotatable bonds is 1. The highest BCUT2D eigenvalue weighted by atomic mass is 28.2. The van der Waals surface area contributed by atoms with Crippen LogP contribution >= 0.6 is 0 Å². The highest BCUT2D eigenvalue weighted by Crippen LogP contribution is 1.76. The number of nitrogens with zero attached hydrogens (tertiary/aromatic N) is 1. The molecule has 7 heavy (non-hydrogen) atoms. The van der Waals surface area contributed by atoms with E-state index in [1.54, 1.807) is 0 Å². The largest absolute Gasteiger partial charge is 0.477 e. The third-order valence-electron chi connectivity index (χ3n) is 0.393. The summed E-state index contributed by atoms with van der Waals surface area (Å²) in [5.41, 5.74) is 0. The van der Waals surface area contributed by atoms with Gasteiger partial charge in [0.2, 0.25) is 9.15 Å². The van der Waals surface area contributed by atoms with Crippen molar-refractivity contribution in [2.24, 2.45) is 0 Å². The van der Waals surface area contributed by atoms with Gasteiger partial charge < -0.3 is 5.11 Å². The monoisotopic (exact) mass is 113 g/mol.